The maximum atomic E-state index is 13.6. The first-order valence-electron chi connectivity index (χ1n) is 12.0. The van der Waals surface area contributed by atoms with Crippen molar-refractivity contribution in [1.29, 1.82) is 0 Å². The molecule has 0 aliphatic heterocycles. The van der Waals surface area contributed by atoms with Crippen molar-refractivity contribution >= 4 is 35.0 Å². The van der Waals surface area contributed by atoms with Crippen LogP contribution in [0.25, 0.3) is 0 Å². The highest BCUT2D eigenvalue weighted by atomic mass is 35.5. The van der Waals surface area contributed by atoms with E-state index < -0.39 is 6.04 Å². The van der Waals surface area contributed by atoms with Gasteiger partial charge in [0.1, 0.15) is 11.8 Å². The van der Waals surface area contributed by atoms with E-state index in [0.717, 1.165) is 17.5 Å². The molecule has 0 saturated carbocycles. The van der Waals surface area contributed by atoms with Crippen LogP contribution in [0.15, 0.2) is 72.8 Å². The van der Waals surface area contributed by atoms with Crippen LogP contribution in [0.4, 0.5) is 0 Å². The van der Waals surface area contributed by atoms with Crippen molar-refractivity contribution in [2.45, 2.75) is 52.2 Å². The number of nitrogens with one attached hydrogen (secondary N) is 1. The molecule has 2 atom stereocenters. The summed E-state index contributed by atoms with van der Waals surface area (Å²) in [5, 5.41) is 3.90. The molecule has 0 heterocycles. The summed E-state index contributed by atoms with van der Waals surface area (Å²) in [7, 11) is 0. The largest absolute Gasteiger partial charge is 0.484 e. The second-order valence-corrected chi connectivity index (χ2v) is 9.66. The summed E-state index contributed by atoms with van der Waals surface area (Å²) >= 11 is 12.9. The van der Waals surface area contributed by atoms with Crippen molar-refractivity contribution in [3.8, 4) is 5.75 Å². The molecule has 0 aliphatic carbocycles. The Kier molecular flexibility index (Phi) is 10.2. The zero-order chi connectivity index (χ0) is 26.1. The van der Waals surface area contributed by atoms with Crippen LogP contribution in [0.3, 0.4) is 0 Å². The Hall–Kier alpha value is -3.02. The van der Waals surface area contributed by atoms with E-state index in [4.69, 9.17) is 27.9 Å². The van der Waals surface area contributed by atoms with Crippen LogP contribution in [0.1, 0.15) is 37.0 Å². The molecule has 3 aromatic rings. The van der Waals surface area contributed by atoms with E-state index in [1.54, 1.807) is 18.2 Å². The highest BCUT2D eigenvalue weighted by Gasteiger charge is 2.32. The first kappa shape index (κ1) is 27.6. The summed E-state index contributed by atoms with van der Waals surface area (Å²) in [5.74, 6) is 0.000186. The first-order chi connectivity index (χ1) is 17.3. The second-order valence-electron chi connectivity index (χ2n) is 8.85. The van der Waals surface area contributed by atoms with E-state index in [1.165, 1.54) is 4.90 Å². The van der Waals surface area contributed by atoms with Gasteiger partial charge in [0.25, 0.3) is 5.91 Å². The van der Waals surface area contributed by atoms with Gasteiger partial charge in [-0.05, 0) is 50.1 Å². The van der Waals surface area contributed by atoms with Crippen LogP contribution in [0.2, 0.25) is 10.0 Å². The lowest BCUT2D eigenvalue weighted by Gasteiger charge is -2.32. The third kappa shape index (κ3) is 7.74. The lowest BCUT2D eigenvalue weighted by Crippen LogP contribution is -2.53. The topological polar surface area (TPSA) is 58.6 Å². The molecular weight excluding hydrogens is 495 g/mol. The molecule has 3 aromatic carbocycles. The van der Waals surface area contributed by atoms with Gasteiger partial charge in [-0.1, -0.05) is 84.2 Å². The van der Waals surface area contributed by atoms with E-state index in [1.807, 2.05) is 75.4 Å². The smallest absolute Gasteiger partial charge is 0.261 e. The fraction of sp³-hybridized carbons (Fsp3) is 0.310. The normalized spacial score (nSPS) is 12.5. The predicted octanol–water partition coefficient (Wildman–Crippen LogP) is 6.24. The Balaban J connectivity index is 1.95. The molecule has 5 nitrogen and oxygen atoms in total. The minimum Gasteiger partial charge on any atom is -0.484 e. The Bertz CT molecular complexity index is 1130. The molecule has 2 unspecified atom stereocenters. The number of aryl methyl sites for hydroxylation is 1. The maximum Gasteiger partial charge on any atom is 0.261 e. The van der Waals surface area contributed by atoms with Gasteiger partial charge in [-0.25, -0.2) is 0 Å². The Morgan fingerprint density at radius 1 is 0.944 bits per heavy atom. The van der Waals surface area contributed by atoms with Gasteiger partial charge in [0.15, 0.2) is 6.61 Å². The van der Waals surface area contributed by atoms with Crippen LogP contribution >= 0.6 is 23.2 Å². The number of hydrogen-bond acceptors (Lipinski definition) is 3. The Morgan fingerprint density at radius 2 is 1.58 bits per heavy atom. The molecule has 36 heavy (non-hydrogen) atoms. The van der Waals surface area contributed by atoms with Gasteiger partial charge in [0.2, 0.25) is 5.91 Å². The lowest BCUT2D eigenvalue weighted by atomic mass is 10.0. The third-order valence-corrected chi connectivity index (χ3v) is 6.75. The standard InChI is InChI=1S/C29H32Cl2N2O3/c1-4-21(3)32-29(35)27(17-22-9-6-5-7-10-22)33(18-24-25(30)11-8-12-26(24)31)28(34)19-36-23-15-13-20(2)14-16-23/h5-16,21,27H,4,17-19H2,1-3H3,(H,32,35). The number of carbonyl (C=O) groups is 2. The average molecular weight is 527 g/mol. The molecule has 0 saturated heterocycles. The van der Waals surface area contributed by atoms with Gasteiger partial charge in [-0.3, -0.25) is 9.59 Å². The predicted molar refractivity (Wildman–Crippen MR) is 146 cm³/mol. The highest BCUT2D eigenvalue weighted by molar-refractivity contribution is 6.36. The zero-order valence-corrected chi connectivity index (χ0v) is 22.4. The summed E-state index contributed by atoms with van der Waals surface area (Å²) in [6.45, 7) is 5.76. The fourth-order valence-electron chi connectivity index (χ4n) is 3.71. The van der Waals surface area contributed by atoms with Gasteiger partial charge in [0, 0.05) is 34.6 Å². The molecule has 1 N–H and O–H groups in total. The summed E-state index contributed by atoms with van der Waals surface area (Å²) < 4.78 is 5.80. The van der Waals surface area contributed by atoms with Gasteiger partial charge in [-0.15, -0.1) is 0 Å². The van der Waals surface area contributed by atoms with Crippen molar-refractivity contribution in [3.63, 3.8) is 0 Å². The van der Waals surface area contributed by atoms with Crippen molar-refractivity contribution in [2.24, 2.45) is 0 Å². The van der Waals surface area contributed by atoms with E-state index in [0.29, 0.717) is 27.8 Å². The van der Waals surface area contributed by atoms with E-state index >= 15 is 0 Å². The number of hydrogen-bond donors (Lipinski definition) is 1. The van der Waals surface area contributed by atoms with Crippen molar-refractivity contribution in [1.82, 2.24) is 10.2 Å². The summed E-state index contributed by atoms with van der Waals surface area (Å²) in [5.41, 5.74) is 2.61. The SMILES string of the molecule is CCC(C)NC(=O)C(Cc1ccccc1)N(Cc1c(Cl)cccc1Cl)C(=O)COc1ccc(C)cc1. The van der Waals surface area contributed by atoms with Gasteiger partial charge < -0.3 is 15.0 Å². The van der Waals surface area contributed by atoms with Crippen molar-refractivity contribution in [2.75, 3.05) is 6.61 Å². The van der Waals surface area contributed by atoms with E-state index in [-0.39, 0.29) is 31.0 Å². The van der Waals surface area contributed by atoms with Crippen LogP contribution in [-0.2, 0) is 22.6 Å². The van der Waals surface area contributed by atoms with Gasteiger partial charge in [0.05, 0.1) is 0 Å². The van der Waals surface area contributed by atoms with Crippen LogP contribution in [0, 0.1) is 6.92 Å². The van der Waals surface area contributed by atoms with Gasteiger partial charge in [-0.2, -0.15) is 0 Å². The fourth-order valence-corrected chi connectivity index (χ4v) is 4.23. The number of benzene rings is 3. The number of halogens is 2. The monoisotopic (exact) mass is 526 g/mol. The van der Waals surface area contributed by atoms with E-state index in [2.05, 4.69) is 5.32 Å². The van der Waals surface area contributed by atoms with Crippen molar-refractivity contribution < 1.29 is 14.3 Å². The molecule has 190 valence electrons. The highest BCUT2D eigenvalue weighted by Crippen LogP contribution is 2.27. The molecule has 0 bridgehead atoms. The van der Waals surface area contributed by atoms with Crippen LogP contribution in [-0.4, -0.2) is 35.4 Å². The minimum atomic E-state index is -0.789. The third-order valence-electron chi connectivity index (χ3n) is 6.05. The van der Waals surface area contributed by atoms with Crippen molar-refractivity contribution in [3.05, 3.63) is 99.5 Å². The number of amides is 2. The molecule has 0 aromatic heterocycles. The molecular formula is C29H32Cl2N2O3. The molecule has 2 amide bonds. The van der Waals surface area contributed by atoms with Crippen LogP contribution in [0.5, 0.6) is 5.75 Å². The number of rotatable bonds is 11. The molecule has 0 fully saturated rings. The van der Waals surface area contributed by atoms with Gasteiger partial charge >= 0.3 is 0 Å². The van der Waals surface area contributed by atoms with E-state index in [9.17, 15) is 9.59 Å². The average Bonchev–Trinajstić information content (AvgIpc) is 2.87. The first-order valence-corrected chi connectivity index (χ1v) is 12.8. The minimum absolute atomic E-state index is 0.0413. The maximum absolute atomic E-state index is 13.6. The number of ether oxygens (including phenoxy) is 1. The molecule has 0 radical (unpaired) electrons. The summed E-state index contributed by atoms with van der Waals surface area (Å²) in [6, 6.07) is 21.4. The Morgan fingerprint density at radius 3 is 2.19 bits per heavy atom. The molecule has 7 heteroatoms. The quantitative estimate of drug-likeness (QED) is 0.322. The number of carbonyl (C=O) groups excluding carboxylic acids is 2. The molecule has 0 aliphatic rings. The van der Waals surface area contributed by atoms with Crippen LogP contribution < -0.4 is 10.1 Å². The zero-order valence-electron chi connectivity index (χ0n) is 20.8. The Labute approximate surface area is 223 Å². The number of nitrogens with zero attached hydrogens (tertiary/aromatic N) is 1. The summed E-state index contributed by atoms with van der Waals surface area (Å²) in [4.78, 5) is 28.7. The second kappa shape index (κ2) is 13.3. The molecule has 3 rings (SSSR count). The molecule has 0 spiro atoms. The lowest BCUT2D eigenvalue weighted by molar-refractivity contribution is -0.143. The summed E-state index contributed by atoms with van der Waals surface area (Å²) in [6.07, 6.45) is 1.10.